The first kappa shape index (κ1) is 17.0. The number of hydrogen-bond acceptors (Lipinski definition) is 2. The van der Waals surface area contributed by atoms with Gasteiger partial charge in [0.05, 0.1) is 5.02 Å². The van der Waals surface area contributed by atoms with Crippen LogP contribution >= 0.6 is 11.6 Å². The number of phenols is 1. The lowest BCUT2D eigenvalue weighted by Crippen LogP contribution is -2.01. The SMILES string of the molecule is O=C(O)c1cc(-c2ccc(F)c(Cl)c2)cc(Cc2ccccc2)c1O. The number of aromatic carboxylic acids is 1. The summed E-state index contributed by atoms with van der Waals surface area (Å²) in [5, 5.41) is 19.7. The molecule has 25 heavy (non-hydrogen) atoms. The smallest absolute Gasteiger partial charge is 0.339 e. The Morgan fingerprint density at radius 3 is 2.36 bits per heavy atom. The summed E-state index contributed by atoms with van der Waals surface area (Å²) in [5.41, 5.74) is 2.32. The van der Waals surface area contributed by atoms with Gasteiger partial charge in [-0.1, -0.05) is 48.0 Å². The summed E-state index contributed by atoms with van der Waals surface area (Å²) in [6.45, 7) is 0. The van der Waals surface area contributed by atoms with Gasteiger partial charge < -0.3 is 10.2 Å². The summed E-state index contributed by atoms with van der Waals surface area (Å²) in [5.74, 6) is -2.05. The van der Waals surface area contributed by atoms with Gasteiger partial charge >= 0.3 is 5.97 Å². The van der Waals surface area contributed by atoms with Crippen molar-refractivity contribution in [2.75, 3.05) is 0 Å². The molecule has 2 N–H and O–H groups in total. The molecule has 0 amide bonds. The maximum absolute atomic E-state index is 13.4. The van der Waals surface area contributed by atoms with E-state index in [9.17, 15) is 19.4 Å². The second kappa shape index (κ2) is 6.95. The third kappa shape index (κ3) is 3.64. The van der Waals surface area contributed by atoms with E-state index < -0.39 is 11.8 Å². The highest BCUT2D eigenvalue weighted by Gasteiger charge is 2.17. The summed E-state index contributed by atoms with van der Waals surface area (Å²) < 4.78 is 13.4. The molecule has 0 saturated carbocycles. The number of carboxylic acids is 1. The Hall–Kier alpha value is -2.85. The van der Waals surface area contributed by atoms with Crippen LogP contribution in [-0.4, -0.2) is 16.2 Å². The van der Waals surface area contributed by atoms with E-state index in [0.29, 0.717) is 23.1 Å². The number of benzene rings is 3. The molecule has 3 rings (SSSR count). The molecule has 0 atom stereocenters. The minimum atomic E-state index is -1.23. The van der Waals surface area contributed by atoms with Crippen LogP contribution in [0.2, 0.25) is 5.02 Å². The van der Waals surface area contributed by atoms with Gasteiger partial charge in [-0.3, -0.25) is 0 Å². The molecule has 0 saturated heterocycles. The highest BCUT2D eigenvalue weighted by molar-refractivity contribution is 6.31. The van der Waals surface area contributed by atoms with Gasteiger partial charge in [-0.25, -0.2) is 9.18 Å². The molecule has 0 aromatic heterocycles. The van der Waals surface area contributed by atoms with Crippen molar-refractivity contribution < 1.29 is 19.4 Å². The van der Waals surface area contributed by atoms with Crippen molar-refractivity contribution in [3.05, 3.63) is 88.2 Å². The minimum absolute atomic E-state index is 0.0490. The molecule has 3 aromatic rings. The molecule has 0 aliphatic rings. The van der Waals surface area contributed by atoms with Gasteiger partial charge in [0.2, 0.25) is 0 Å². The molecule has 0 heterocycles. The zero-order chi connectivity index (χ0) is 18.0. The predicted molar refractivity (Wildman–Crippen MR) is 94.7 cm³/mol. The van der Waals surface area contributed by atoms with Crippen LogP contribution in [-0.2, 0) is 6.42 Å². The summed E-state index contributed by atoms with van der Waals surface area (Å²) in [6, 6.07) is 16.6. The molecule has 0 aliphatic heterocycles. The zero-order valence-corrected chi connectivity index (χ0v) is 13.8. The fourth-order valence-electron chi connectivity index (χ4n) is 2.65. The molecule has 0 spiro atoms. The van der Waals surface area contributed by atoms with Crippen molar-refractivity contribution in [2.45, 2.75) is 6.42 Å². The van der Waals surface area contributed by atoms with Crippen molar-refractivity contribution in [1.29, 1.82) is 0 Å². The number of carbonyl (C=O) groups is 1. The lowest BCUT2D eigenvalue weighted by Gasteiger charge is -2.12. The third-order valence-corrected chi connectivity index (χ3v) is 4.20. The molecular weight excluding hydrogens is 343 g/mol. The van der Waals surface area contributed by atoms with Crippen LogP contribution in [0.3, 0.4) is 0 Å². The Morgan fingerprint density at radius 2 is 1.72 bits per heavy atom. The summed E-state index contributed by atoms with van der Waals surface area (Å²) in [4.78, 5) is 11.5. The van der Waals surface area contributed by atoms with E-state index in [-0.39, 0.29) is 16.3 Å². The van der Waals surface area contributed by atoms with Crippen molar-refractivity contribution in [3.8, 4) is 16.9 Å². The topological polar surface area (TPSA) is 57.5 Å². The first-order valence-electron chi connectivity index (χ1n) is 7.54. The molecule has 3 aromatic carbocycles. The van der Waals surface area contributed by atoms with Crippen LogP contribution in [0.4, 0.5) is 4.39 Å². The van der Waals surface area contributed by atoms with Crippen LogP contribution in [0.25, 0.3) is 11.1 Å². The van der Waals surface area contributed by atoms with E-state index in [2.05, 4.69) is 0 Å². The van der Waals surface area contributed by atoms with Gasteiger partial charge in [-0.05, 0) is 46.5 Å². The standard InChI is InChI=1S/C20H14ClFO3/c21-17-11-13(6-7-18(17)22)14-9-15(8-12-4-2-1-3-5-12)19(23)16(10-14)20(24)25/h1-7,9-11,23H,8H2,(H,24,25). The van der Waals surface area contributed by atoms with Crippen molar-refractivity contribution in [2.24, 2.45) is 0 Å². The van der Waals surface area contributed by atoms with Crippen LogP contribution < -0.4 is 0 Å². The molecule has 0 bridgehead atoms. The Morgan fingerprint density at radius 1 is 1.00 bits per heavy atom. The monoisotopic (exact) mass is 356 g/mol. The molecule has 0 aliphatic carbocycles. The molecule has 0 fully saturated rings. The van der Waals surface area contributed by atoms with Crippen molar-refractivity contribution in [3.63, 3.8) is 0 Å². The van der Waals surface area contributed by atoms with Crippen LogP contribution in [0, 0.1) is 5.82 Å². The lowest BCUT2D eigenvalue weighted by atomic mass is 9.95. The molecule has 0 unspecified atom stereocenters. The van der Waals surface area contributed by atoms with E-state index in [0.717, 1.165) is 5.56 Å². The fraction of sp³-hybridized carbons (Fsp3) is 0.0500. The fourth-order valence-corrected chi connectivity index (χ4v) is 2.83. The number of aromatic hydroxyl groups is 1. The average Bonchev–Trinajstić information content (AvgIpc) is 2.60. The number of carboxylic acid groups (broad SMARTS) is 1. The van der Waals surface area contributed by atoms with E-state index >= 15 is 0 Å². The molecule has 126 valence electrons. The van der Waals surface area contributed by atoms with Gasteiger partial charge in [-0.2, -0.15) is 0 Å². The third-order valence-electron chi connectivity index (χ3n) is 3.91. The zero-order valence-electron chi connectivity index (χ0n) is 13.0. The average molecular weight is 357 g/mol. The Balaban J connectivity index is 2.12. The molecule has 0 radical (unpaired) electrons. The summed E-state index contributed by atoms with van der Waals surface area (Å²) in [6.07, 6.45) is 0.371. The first-order chi connectivity index (χ1) is 12.0. The van der Waals surface area contributed by atoms with Crippen molar-refractivity contribution in [1.82, 2.24) is 0 Å². The molecule has 5 heteroatoms. The van der Waals surface area contributed by atoms with Crippen LogP contribution in [0.15, 0.2) is 60.7 Å². The Kier molecular flexibility index (Phi) is 4.72. The minimum Gasteiger partial charge on any atom is -0.507 e. The quantitative estimate of drug-likeness (QED) is 0.680. The largest absolute Gasteiger partial charge is 0.507 e. The lowest BCUT2D eigenvalue weighted by molar-refractivity contribution is 0.0693. The van der Waals surface area contributed by atoms with E-state index in [1.807, 2.05) is 30.3 Å². The molecular formula is C20H14ClFO3. The first-order valence-corrected chi connectivity index (χ1v) is 7.92. The Bertz CT molecular complexity index is 939. The number of rotatable bonds is 4. The van der Waals surface area contributed by atoms with E-state index in [1.165, 1.54) is 24.3 Å². The van der Waals surface area contributed by atoms with E-state index in [1.54, 1.807) is 6.07 Å². The van der Waals surface area contributed by atoms with Gasteiger partial charge in [0, 0.05) is 6.42 Å². The van der Waals surface area contributed by atoms with Crippen molar-refractivity contribution >= 4 is 17.6 Å². The predicted octanol–water partition coefficient (Wildman–Crippen LogP) is 5.14. The summed E-state index contributed by atoms with van der Waals surface area (Å²) in [7, 11) is 0. The molecule has 3 nitrogen and oxygen atoms in total. The van der Waals surface area contributed by atoms with E-state index in [4.69, 9.17) is 11.6 Å². The van der Waals surface area contributed by atoms with Gasteiger partial charge in [0.1, 0.15) is 17.1 Å². The highest BCUT2D eigenvalue weighted by Crippen LogP contribution is 2.33. The van der Waals surface area contributed by atoms with Gasteiger partial charge in [0.15, 0.2) is 0 Å². The maximum atomic E-state index is 13.4. The van der Waals surface area contributed by atoms with Gasteiger partial charge in [-0.15, -0.1) is 0 Å². The Labute approximate surface area is 148 Å². The maximum Gasteiger partial charge on any atom is 0.339 e. The van der Waals surface area contributed by atoms with Crippen LogP contribution in [0.5, 0.6) is 5.75 Å². The normalized spacial score (nSPS) is 10.6. The highest BCUT2D eigenvalue weighted by atomic mass is 35.5. The number of halogens is 2. The second-order valence-corrected chi connectivity index (χ2v) is 6.04. The van der Waals surface area contributed by atoms with Gasteiger partial charge in [0.25, 0.3) is 0 Å². The second-order valence-electron chi connectivity index (χ2n) is 5.63. The summed E-state index contributed by atoms with van der Waals surface area (Å²) >= 11 is 5.83. The number of hydrogen-bond donors (Lipinski definition) is 2. The van der Waals surface area contributed by atoms with Crippen LogP contribution in [0.1, 0.15) is 21.5 Å².